The van der Waals surface area contributed by atoms with Crippen LogP contribution in [0.5, 0.6) is 0 Å². The molecule has 1 aliphatic carbocycles. The number of rotatable bonds is 1. The Hall–Kier alpha value is 0.194. The Morgan fingerprint density at radius 3 is 2.00 bits per heavy atom. The molecule has 1 atom stereocenters. The fourth-order valence-corrected chi connectivity index (χ4v) is 4.44. The van der Waals surface area contributed by atoms with E-state index >= 15 is 0 Å². The van der Waals surface area contributed by atoms with Crippen molar-refractivity contribution in [2.75, 3.05) is 0 Å². The molecule has 0 saturated heterocycles. The minimum atomic E-state index is -1.56. The van der Waals surface area contributed by atoms with E-state index in [0.29, 0.717) is 3.72 Å². The van der Waals surface area contributed by atoms with Crippen molar-refractivity contribution in [2.24, 2.45) is 0 Å². The molecule has 0 aromatic carbocycles. The van der Waals surface area contributed by atoms with Gasteiger partial charge in [0.2, 0.25) is 0 Å². The van der Waals surface area contributed by atoms with Crippen LogP contribution < -0.4 is 0 Å². The zero-order chi connectivity index (χ0) is 8.70. The van der Waals surface area contributed by atoms with Crippen LogP contribution in [0.3, 0.4) is 0 Å². The summed E-state index contributed by atoms with van der Waals surface area (Å²) in [6, 6.07) is 0. The van der Waals surface area contributed by atoms with Crippen molar-refractivity contribution in [2.45, 2.75) is 33.3 Å². The molecule has 1 aliphatic rings. The zero-order valence-electron chi connectivity index (χ0n) is 8.23. The third kappa shape index (κ3) is 1.39. The van der Waals surface area contributed by atoms with E-state index in [1.807, 2.05) is 0 Å². The van der Waals surface area contributed by atoms with Gasteiger partial charge in [0.15, 0.2) is 0 Å². The Morgan fingerprint density at radius 1 is 1.27 bits per heavy atom. The molecular weight excluding hydrogens is 168 g/mol. The first-order valence-electron chi connectivity index (χ1n) is 4.24. The van der Waals surface area contributed by atoms with Gasteiger partial charge in [0, 0.05) is 0 Å². The fraction of sp³-hybridized carbons (Fsp3) is 0.600. The van der Waals surface area contributed by atoms with Gasteiger partial charge in [0.05, 0.1) is 0 Å². The molecule has 11 heavy (non-hydrogen) atoms. The normalized spacial score (nSPS) is 30.8. The van der Waals surface area contributed by atoms with E-state index in [1.54, 1.807) is 5.57 Å². The molecule has 0 fully saturated rings. The number of allylic oxidation sites excluding steroid dienone is 4. The third-order valence-electron chi connectivity index (χ3n) is 3.15. The van der Waals surface area contributed by atoms with Crippen LogP contribution in [0.1, 0.15) is 13.8 Å². The van der Waals surface area contributed by atoms with Gasteiger partial charge in [0.1, 0.15) is 0 Å². The second-order valence-corrected chi connectivity index (χ2v) is 13.3. The van der Waals surface area contributed by atoms with Crippen LogP contribution >= 0.6 is 0 Å². The summed E-state index contributed by atoms with van der Waals surface area (Å²) in [5.41, 5.74) is 1.56. The molecular formula is C10H18Ti. The summed E-state index contributed by atoms with van der Waals surface area (Å²) in [6.07, 6.45) is 6.87. The minimum absolute atomic E-state index is 0.458. The maximum absolute atomic E-state index is 2.48. The Balaban J connectivity index is 3.02. The molecule has 0 nitrogen and oxygen atoms in total. The van der Waals surface area contributed by atoms with Gasteiger partial charge in [-0.05, 0) is 0 Å². The van der Waals surface area contributed by atoms with E-state index in [-0.39, 0.29) is 0 Å². The molecule has 0 aromatic rings. The van der Waals surface area contributed by atoms with E-state index in [9.17, 15) is 0 Å². The van der Waals surface area contributed by atoms with Crippen LogP contribution in [-0.4, -0.2) is 0 Å². The Bertz CT molecular complexity index is 218. The molecule has 1 unspecified atom stereocenters. The van der Waals surface area contributed by atoms with E-state index in [0.717, 1.165) is 0 Å². The van der Waals surface area contributed by atoms with E-state index in [2.05, 4.69) is 47.8 Å². The molecule has 62 valence electrons. The molecule has 0 amide bonds. The van der Waals surface area contributed by atoms with Gasteiger partial charge in [-0.15, -0.1) is 0 Å². The Kier molecular flexibility index (Phi) is 2.20. The molecule has 0 saturated carbocycles. The summed E-state index contributed by atoms with van der Waals surface area (Å²) in [5, 5.41) is 7.44. The van der Waals surface area contributed by atoms with E-state index < -0.39 is 16.6 Å². The predicted molar refractivity (Wildman–Crippen MR) is 48.9 cm³/mol. The van der Waals surface area contributed by atoms with Crippen LogP contribution in [0.15, 0.2) is 23.8 Å². The average Bonchev–Trinajstić information content (AvgIpc) is 2.12. The maximum atomic E-state index is 2.48. The number of hydrogen-bond acceptors (Lipinski definition) is 0. The molecule has 0 bridgehead atoms. The van der Waals surface area contributed by atoms with Gasteiger partial charge in [-0.1, -0.05) is 0 Å². The summed E-state index contributed by atoms with van der Waals surface area (Å²) in [5.74, 6) is 0. The van der Waals surface area contributed by atoms with Gasteiger partial charge in [-0.2, -0.15) is 0 Å². The van der Waals surface area contributed by atoms with Crippen molar-refractivity contribution >= 4 is 0 Å². The monoisotopic (exact) mass is 186 g/mol. The summed E-state index contributed by atoms with van der Waals surface area (Å²) in [6.45, 7) is 4.65. The molecule has 1 rings (SSSR count). The predicted octanol–water partition coefficient (Wildman–Crippen LogP) is 3.98. The third-order valence-corrected chi connectivity index (χ3v) is 8.89. The van der Waals surface area contributed by atoms with Crippen molar-refractivity contribution in [3.63, 3.8) is 0 Å². The summed E-state index contributed by atoms with van der Waals surface area (Å²) < 4.78 is 0.458. The van der Waals surface area contributed by atoms with Gasteiger partial charge >= 0.3 is 73.6 Å². The summed E-state index contributed by atoms with van der Waals surface area (Å²) >= 11 is -1.56. The van der Waals surface area contributed by atoms with Gasteiger partial charge in [-0.25, -0.2) is 0 Å². The van der Waals surface area contributed by atoms with Crippen molar-refractivity contribution in [3.05, 3.63) is 23.8 Å². The van der Waals surface area contributed by atoms with Crippen LogP contribution in [0, 0.1) is 0 Å². The fourth-order valence-electron chi connectivity index (χ4n) is 1.53. The van der Waals surface area contributed by atoms with Crippen LogP contribution in [0.4, 0.5) is 0 Å². The molecule has 0 aliphatic heterocycles. The number of hydrogen-bond donors (Lipinski definition) is 0. The van der Waals surface area contributed by atoms with E-state index in [1.165, 1.54) is 0 Å². The Labute approximate surface area is 73.7 Å². The van der Waals surface area contributed by atoms with Crippen LogP contribution in [0.25, 0.3) is 0 Å². The first-order chi connectivity index (χ1) is 4.88. The Morgan fingerprint density at radius 2 is 1.82 bits per heavy atom. The molecule has 0 aromatic heterocycles. The van der Waals surface area contributed by atoms with Crippen molar-refractivity contribution < 1.29 is 16.6 Å². The second-order valence-electron chi connectivity index (χ2n) is 4.66. The van der Waals surface area contributed by atoms with Crippen LogP contribution in [0.2, 0.25) is 19.4 Å². The van der Waals surface area contributed by atoms with Crippen LogP contribution in [-0.2, 0) is 16.6 Å². The standard InChI is InChI=1S/C7H9.3CH3.Ti/c1-6-4-3-5-7(6)2;;;;/h3-5H,1-2H3;3*1H3;. The first kappa shape index (κ1) is 9.28. The molecule has 1 heteroatoms. The SMILES string of the molecule is CC1=CC=C[C]1(C)[Ti]([CH3])([CH3])[CH3]. The van der Waals surface area contributed by atoms with Crippen molar-refractivity contribution in [1.29, 1.82) is 0 Å². The summed E-state index contributed by atoms with van der Waals surface area (Å²) in [4.78, 5) is 0. The molecule has 0 radical (unpaired) electrons. The van der Waals surface area contributed by atoms with Crippen molar-refractivity contribution in [3.8, 4) is 0 Å². The molecule has 0 N–H and O–H groups in total. The second kappa shape index (κ2) is 2.60. The van der Waals surface area contributed by atoms with E-state index in [4.69, 9.17) is 0 Å². The van der Waals surface area contributed by atoms with Gasteiger partial charge < -0.3 is 0 Å². The first-order valence-corrected chi connectivity index (χ1v) is 9.71. The van der Waals surface area contributed by atoms with Gasteiger partial charge in [-0.3, -0.25) is 0 Å². The average molecular weight is 186 g/mol. The molecule has 0 spiro atoms. The summed E-state index contributed by atoms with van der Waals surface area (Å²) in [7, 11) is 0. The quantitative estimate of drug-likeness (QED) is 0.543. The van der Waals surface area contributed by atoms with Gasteiger partial charge in [0.25, 0.3) is 0 Å². The topological polar surface area (TPSA) is 0 Å². The molecule has 0 heterocycles. The zero-order valence-corrected chi connectivity index (χ0v) is 9.79. The van der Waals surface area contributed by atoms with Crippen molar-refractivity contribution in [1.82, 2.24) is 0 Å².